The number of aliphatic hydroxyl groups is 4. The van der Waals surface area contributed by atoms with Crippen molar-refractivity contribution < 1.29 is 44.2 Å². The molecule has 0 aliphatic carbocycles. The third kappa shape index (κ3) is 9.82. The van der Waals surface area contributed by atoms with Crippen LogP contribution in [0.3, 0.4) is 0 Å². The zero-order valence-electron chi connectivity index (χ0n) is 21.3. The van der Waals surface area contributed by atoms with Crippen LogP contribution in [0.25, 0.3) is 0 Å². The van der Waals surface area contributed by atoms with Crippen LogP contribution in [0.5, 0.6) is 0 Å². The minimum absolute atomic E-state index is 0.0130. The molecule has 0 saturated carbocycles. The quantitative estimate of drug-likeness (QED) is 0.133. The minimum Gasteiger partial charge on any atom is -0.394 e. The highest BCUT2D eigenvalue weighted by molar-refractivity contribution is 5.77. The molecule has 2 aliphatic heterocycles. The molecule has 0 aromatic rings. The number of ether oxygens (including phenoxy) is 3. The first-order chi connectivity index (χ1) is 17.3. The fourth-order valence-electron chi connectivity index (χ4n) is 4.60. The van der Waals surface area contributed by atoms with Crippen molar-refractivity contribution in [1.82, 2.24) is 10.2 Å². The van der Waals surface area contributed by atoms with E-state index in [-0.39, 0.29) is 17.9 Å². The average molecular weight is 520 g/mol. The molecule has 2 unspecified atom stereocenters. The van der Waals surface area contributed by atoms with Crippen LogP contribution in [0.4, 0.5) is 0 Å². The second kappa shape index (κ2) is 16.5. The van der Waals surface area contributed by atoms with E-state index in [1.807, 2.05) is 0 Å². The molecule has 12 nitrogen and oxygen atoms in total. The highest BCUT2D eigenvalue weighted by Gasteiger charge is 2.42. The van der Waals surface area contributed by atoms with Gasteiger partial charge in [0.15, 0.2) is 6.29 Å². The minimum atomic E-state index is -1.26. The Bertz CT molecular complexity index is 654. The van der Waals surface area contributed by atoms with Crippen LogP contribution >= 0.6 is 0 Å². The molecule has 0 bridgehead atoms. The van der Waals surface area contributed by atoms with E-state index in [2.05, 4.69) is 5.32 Å². The molecule has 0 spiro atoms. The molecule has 0 aromatic carbocycles. The van der Waals surface area contributed by atoms with Crippen molar-refractivity contribution in [2.75, 3.05) is 40.0 Å². The molecular weight excluding hydrogens is 474 g/mol. The van der Waals surface area contributed by atoms with E-state index < -0.39 is 43.4 Å². The maximum Gasteiger partial charge on any atom is 0.222 e. The van der Waals surface area contributed by atoms with Gasteiger partial charge in [-0.3, -0.25) is 9.59 Å². The summed E-state index contributed by atoms with van der Waals surface area (Å²) in [5.41, 5.74) is 5.83. The predicted molar refractivity (Wildman–Crippen MR) is 130 cm³/mol. The number of aliphatic hydroxyl groups excluding tert-OH is 4. The fraction of sp³-hybridized carbons (Fsp3) is 0.917. The van der Waals surface area contributed by atoms with Gasteiger partial charge in [-0.25, -0.2) is 0 Å². The largest absolute Gasteiger partial charge is 0.394 e. The number of carbonyl (C=O) groups is 2. The van der Waals surface area contributed by atoms with Crippen LogP contribution in [0.15, 0.2) is 0 Å². The number of likely N-dealkylation sites (tertiary alicyclic amines) is 1. The van der Waals surface area contributed by atoms with Crippen molar-refractivity contribution in [2.45, 2.75) is 101 Å². The number of hydrogen-bond donors (Lipinski definition) is 6. The molecule has 12 heteroatoms. The Hall–Kier alpha value is -1.38. The summed E-state index contributed by atoms with van der Waals surface area (Å²) in [6.07, 6.45) is 1.08. The third-order valence-corrected chi connectivity index (χ3v) is 6.72. The normalized spacial score (nSPS) is 30.5. The number of unbranched alkanes of at least 4 members (excludes halogenated alkanes) is 4. The topological polar surface area (TPSA) is 184 Å². The lowest BCUT2D eigenvalue weighted by molar-refractivity contribution is -0.265. The van der Waals surface area contributed by atoms with Gasteiger partial charge < -0.3 is 50.6 Å². The number of nitrogens with zero attached hydrogens (tertiary/aromatic N) is 1. The Morgan fingerprint density at radius 2 is 1.78 bits per heavy atom. The number of methoxy groups -OCH3 is 1. The number of rotatable bonds is 16. The van der Waals surface area contributed by atoms with Crippen LogP contribution in [-0.4, -0.2) is 120 Å². The van der Waals surface area contributed by atoms with Gasteiger partial charge in [-0.15, -0.1) is 0 Å². The molecular formula is C24H45N3O9. The highest BCUT2D eigenvalue weighted by atomic mass is 16.7. The monoisotopic (exact) mass is 519 g/mol. The summed E-state index contributed by atoms with van der Waals surface area (Å²) in [5, 5.41) is 41.6. The summed E-state index contributed by atoms with van der Waals surface area (Å²) in [6.45, 7) is 1.25. The van der Waals surface area contributed by atoms with Gasteiger partial charge in [-0.1, -0.05) is 12.8 Å². The molecule has 2 fully saturated rings. The molecule has 0 radical (unpaired) electrons. The summed E-state index contributed by atoms with van der Waals surface area (Å²) in [7, 11) is 1.59. The first-order valence-corrected chi connectivity index (χ1v) is 13.0. The average Bonchev–Trinajstić information content (AvgIpc) is 3.23. The van der Waals surface area contributed by atoms with Gasteiger partial charge in [0.1, 0.15) is 18.3 Å². The first-order valence-electron chi connectivity index (χ1n) is 13.0. The van der Waals surface area contributed by atoms with Gasteiger partial charge >= 0.3 is 0 Å². The molecule has 2 rings (SSSR count). The van der Waals surface area contributed by atoms with E-state index in [0.717, 1.165) is 25.7 Å². The Morgan fingerprint density at radius 1 is 1.06 bits per heavy atom. The molecule has 2 saturated heterocycles. The number of nitrogens with one attached hydrogen (secondary N) is 1. The summed E-state index contributed by atoms with van der Waals surface area (Å²) < 4.78 is 16.1. The summed E-state index contributed by atoms with van der Waals surface area (Å²) in [5.74, 6) is 0.0293. The highest BCUT2D eigenvalue weighted by Crippen LogP contribution is 2.21. The van der Waals surface area contributed by atoms with E-state index in [1.165, 1.54) is 0 Å². The van der Waals surface area contributed by atoms with Crippen LogP contribution in [0.1, 0.15) is 57.8 Å². The van der Waals surface area contributed by atoms with Crippen molar-refractivity contribution >= 4 is 11.8 Å². The molecule has 2 aliphatic rings. The van der Waals surface area contributed by atoms with Crippen molar-refractivity contribution in [2.24, 2.45) is 5.73 Å². The number of hydrogen-bond acceptors (Lipinski definition) is 10. The van der Waals surface area contributed by atoms with Gasteiger partial charge in [0.2, 0.25) is 11.8 Å². The summed E-state index contributed by atoms with van der Waals surface area (Å²) in [4.78, 5) is 26.1. The SMILES string of the molecule is COC[C@@H]1C[C@@H](O)CN1C(=O)CCCCCNC(=O)CCCCCO[C@@H]1OC(CO)[C@H](O)C(O)[C@@H]1N. The Labute approximate surface area is 213 Å². The fourth-order valence-corrected chi connectivity index (χ4v) is 4.60. The van der Waals surface area contributed by atoms with Gasteiger partial charge in [0.05, 0.1) is 31.4 Å². The van der Waals surface area contributed by atoms with Gasteiger partial charge in [0, 0.05) is 39.6 Å². The Balaban J connectivity index is 1.45. The molecule has 36 heavy (non-hydrogen) atoms. The molecule has 7 N–H and O–H groups in total. The number of amides is 2. The van der Waals surface area contributed by atoms with Crippen LogP contribution in [-0.2, 0) is 23.8 Å². The molecule has 0 aromatic heterocycles. The van der Waals surface area contributed by atoms with Crippen molar-refractivity contribution in [3.63, 3.8) is 0 Å². The smallest absolute Gasteiger partial charge is 0.222 e. The lowest BCUT2D eigenvalue weighted by Gasteiger charge is -2.40. The Kier molecular flexibility index (Phi) is 14.1. The van der Waals surface area contributed by atoms with E-state index in [1.54, 1.807) is 12.0 Å². The van der Waals surface area contributed by atoms with Crippen LogP contribution in [0.2, 0.25) is 0 Å². The third-order valence-electron chi connectivity index (χ3n) is 6.72. The van der Waals surface area contributed by atoms with Crippen molar-refractivity contribution in [3.8, 4) is 0 Å². The number of carbonyl (C=O) groups excluding carboxylic acids is 2. The molecule has 7 atom stereocenters. The lowest BCUT2D eigenvalue weighted by atomic mass is 9.98. The summed E-state index contributed by atoms with van der Waals surface area (Å²) >= 11 is 0. The van der Waals surface area contributed by atoms with E-state index >= 15 is 0 Å². The standard InChI is InChI=1S/C24H45N3O9/c1-34-15-16-12-17(29)13-27(16)20(31)9-5-2-6-10-26-19(30)8-4-3-7-11-35-24-21(25)23(33)22(32)18(14-28)36-24/h16-18,21-24,28-29,32-33H,2-15,25H2,1H3,(H,26,30)/t16-,17+,18?,21-,22-,23?,24+/m0/s1. The van der Waals surface area contributed by atoms with E-state index in [9.17, 15) is 30.0 Å². The van der Waals surface area contributed by atoms with Gasteiger partial charge in [0.25, 0.3) is 0 Å². The van der Waals surface area contributed by atoms with Crippen molar-refractivity contribution in [1.29, 1.82) is 0 Å². The van der Waals surface area contributed by atoms with Crippen molar-refractivity contribution in [3.05, 3.63) is 0 Å². The van der Waals surface area contributed by atoms with Gasteiger partial charge in [-0.2, -0.15) is 0 Å². The number of β-amino-alcohol motifs (C(OH)–C–C–N with tert-alkyl or cyclic N) is 1. The van der Waals surface area contributed by atoms with E-state index in [0.29, 0.717) is 58.4 Å². The summed E-state index contributed by atoms with van der Waals surface area (Å²) in [6, 6.07) is -0.963. The van der Waals surface area contributed by atoms with Crippen LogP contribution < -0.4 is 11.1 Å². The second-order valence-electron chi connectivity index (χ2n) is 9.67. The predicted octanol–water partition coefficient (Wildman–Crippen LogP) is -1.39. The molecule has 2 heterocycles. The Morgan fingerprint density at radius 3 is 2.50 bits per heavy atom. The maximum absolute atomic E-state index is 12.4. The molecule has 2 amide bonds. The lowest BCUT2D eigenvalue weighted by Crippen LogP contribution is -2.62. The zero-order chi connectivity index (χ0) is 26.5. The maximum atomic E-state index is 12.4. The van der Waals surface area contributed by atoms with Gasteiger partial charge in [-0.05, 0) is 32.1 Å². The number of nitrogens with two attached hydrogens (primary N) is 1. The second-order valence-corrected chi connectivity index (χ2v) is 9.67. The van der Waals surface area contributed by atoms with E-state index in [4.69, 9.17) is 19.9 Å². The zero-order valence-corrected chi connectivity index (χ0v) is 21.3. The van der Waals surface area contributed by atoms with Crippen LogP contribution in [0, 0.1) is 0 Å². The molecule has 210 valence electrons. The first kappa shape index (κ1) is 30.8.